The van der Waals surface area contributed by atoms with Gasteiger partial charge in [-0.1, -0.05) is 18.2 Å². The Bertz CT molecular complexity index is 644. The van der Waals surface area contributed by atoms with E-state index in [1.54, 1.807) is 32.0 Å². The van der Waals surface area contributed by atoms with Crippen molar-refractivity contribution in [3.8, 4) is 0 Å². The number of sulfone groups is 1. The van der Waals surface area contributed by atoms with Crippen molar-refractivity contribution >= 4 is 15.6 Å². The molecule has 3 nitrogen and oxygen atoms in total. The lowest BCUT2D eigenvalue weighted by molar-refractivity contribution is -0.123. The van der Waals surface area contributed by atoms with Crippen LogP contribution in [0.15, 0.2) is 24.3 Å². The SMILES string of the molecule is CC(C)S(=O)(=O)CC1CCC(C(=O)Cc2ccccc2F)CC1. The summed E-state index contributed by atoms with van der Waals surface area (Å²) in [4.78, 5) is 12.3. The Hall–Kier alpha value is -1.23. The summed E-state index contributed by atoms with van der Waals surface area (Å²) < 4.78 is 37.6. The van der Waals surface area contributed by atoms with Gasteiger partial charge >= 0.3 is 0 Å². The van der Waals surface area contributed by atoms with E-state index in [-0.39, 0.29) is 40.9 Å². The average molecular weight is 340 g/mol. The van der Waals surface area contributed by atoms with E-state index in [1.165, 1.54) is 6.07 Å². The van der Waals surface area contributed by atoms with Gasteiger partial charge in [0, 0.05) is 12.3 Å². The highest BCUT2D eigenvalue weighted by molar-refractivity contribution is 7.91. The Kier molecular flexibility index (Phi) is 5.95. The summed E-state index contributed by atoms with van der Waals surface area (Å²) in [6.45, 7) is 3.41. The summed E-state index contributed by atoms with van der Waals surface area (Å²) in [5, 5.41) is -0.345. The monoisotopic (exact) mass is 340 g/mol. The predicted octanol–water partition coefficient (Wildman–Crippen LogP) is 3.57. The molecule has 0 atom stereocenters. The number of hydrogen-bond acceptors (Lipinski definition) is 3. The molecule has 0 N–H and O–H groups in total. The minimum Gasteiger partial charge on any atom is -0.299 e. The molecular formula is C18H25FO3S. The van der Waals surface area contributed by atoms with Crippen LogP contribution in [0.4, 0.5) is 4.39 Å². The van der Waals surface area contributed by atoms with Crippen LogP contribution >= 0.6 is 0 Å². The largest absolute Gasteiger partial charge is 0.299 e. The van der Waals surface area contributed by atoms with Gasteiger partial charge in [0.15, 0.2) is 9.84 Å². The highest BCUT2D eigenvalue weighted by Gasteiger charge is 2.30. The van der Waals surface area contributed by atoms with E-state index >= 15 is 0 Å². The average Bonchev–Trinajstić information content (AvgIpc) is 2.49. The van der Waals surface area contributed by atoms with Gasteiger partial charge in [-0.25, -0.2) is 12.8 Å². The minimum absolute atomic E-state index is 0.0624. The second kappa shape index (κ2) is 7.56. The third kappa shape index (κ3) is 4.87. The van der Waals surface area contributed by atoms with Gasteiger partial charge in [-0.2, -0.15) is 0 Å². The zero-order valence-electron chi connectivity index (χ0n) is 13.8. The number of ketones is 1. The zero-order chi connectivity index (χ0) is 17.0. The van der Waals surface area contributed by atoms with Crippen molar-refractivity contribution < 1.29 is 17.6 Å². The first-order chi connectivity index (χ1) is 10.8. The molecule has 1 aromatic rings. The van der Waals surface area contributed by atoms with E-state index in [0.717, 1.165) is 12.8 Å². The molecule has 0 amide bonds. The molecule has 1 aromatic carbocycles. The molecule has 0 saturated heterocycles. The Morgan fingerprint density at radius 3 is 2.35 bits per heavy atom. The number of hydrogen-bond donors (Lipinski definition) is 0. The van der Waals surface area contributed by atoms with E-state index in [4.69, 9.17) is 0 Å². The van der Waals surface area contributed by atoms with Crippen LogP contribution in [0.1, 0.15) is 45.1 Å². The molecule has 128 valence electrons. The molecule has 0 aliphatic heterocycles. The fraction of sp³-hybridized carbons (Fsp3) is 0.611. The molecule has 2 rings (SSSR count). The third-order valence-corrected chi connectivity index (χ3v) is 7.18. The number of Topliss-reactive ketones (excluding diaryl/α,β-unsaturated/α-hetero) is 1. The number of halogens is 1. The predicted molar refractivity (Wildman–Crippen MR) is 89.5 cm³/mol. The van der Waals surface area contributed by atoms with E-state index in [2.05, 4.69) is 0 Å². The molecule has 1 aliphatic carbocycles. The Balaban J connectivity index is 1.87. The van der Waals surface area contributed by atoms with Crippen LogP contribution in [-0.2, 0) is 21.1 Å². The van der Waals surface area contributed by atoms with Crippen molar-refractivity contribution in [2.24, 2.45) is 11.8 Å². The molecule has 0 spiro atoms. The van der Waals surface area contributed by atoms with Crippen molar-refractivity contribution in [1.82, 2.24) is 0 Å². The summed E-state index contributed by atoms with van der Waals surface area (Å²) in [6.07, 6.45) is 3.09. The number of carbonyl (C=O) groups is 1. The molecule has 0 unspecified atom stereocenters. The summed E-state index contributed by atoms with van der Waals surface area (Å²) >= 11 is 0. The second-order valence-electron chi connectivity index (χ2n) is 6.83. The first kappa shape index (κ1) is 18.1. The zero-order valence-corrected chi connectivity index (χ0v) is 14.6. The molecule has 23 heavy (non-hydrogen) atoms. The van der Waals surface area contributed by atoms with Gasteiger partial charge in [0.25, 0.3) is 0 Å². The first-order valence-corrected chi connectivity index (χ1v) is 9.99. The van der Waals surface area contributed by atoms with Crippen molar-refractivity contribution in [2.75, 3.05) is 5.75 Å². The normalized spacial score (nSPS) is 22.3. The fourth-order valence-electron chi connectivity index (χ4n) is 3.15. The van der Waals surface area contributed by atoms with Crippen molar-refractivity contribution in [2.45, 2.75) is 51.2 Å². The van der Waals surface area contributed by atoms with Crippen LogP contribution in [0.25, 0.3) is 0 Å². The molecule has 0 bridgehead atoms. The van der Waals surface area contributed by atoms with E-state index in [1.807, 2.05) is 0 Å². The molecule has 1 saturated carbocycles. The highest BCUT2D eigenvalue weighted by atomic mass is 32.2. The van der Waals surface area contributed by atoms with Gasteiger partial charge in [0.2, 0.25) is 0 Å². The van der Waals surface area contributed by atoms with Crippen LogP contribution in [0, 0.1) is 17.7 Å². The Morgan fingerprint density at radius 2 is 1.78 bits per heavy atom. The van der Waals surface area contributed by atoms with Crippen LogP contribution in [0.5, 0.6) is 0 Å². The second-order valence-corrected chi connectivity index (χ2v) is 9.43. The molecule has 0 aromatic heterocycles. The van der Waals surface area contributed by atoms with Gasteiger partial charge in [0.1, 0.15) is 11.6 Å². The minimum atomic E-state index is -3.02. The van der Waals surface area contributed by atoms with Gasteiger partial charge in [-0.05, 0) is 57.1 Å². The Morgan fingerprint density at radius 1 is 1.17 bits per heavy atom. The lowest BCUT2D eigenvalue weighted by Gasteiger charge is -2.28. The third-order valence-electron chi connectivity index (χ3n) is 4.81. The van der Waals surface area contributed by atoms with Crippen molar-refractivity contribution in [3.63, 3.8) is 0 Å². The maximum atomic E-state index is 13.6. The molecule has 1 fully saturated rings. The van der Waals surface area contributed by atoms with Crippen LogP contribution in [-0.4, -0.2) is 25.2 Å². The van der Waals surface area contributed by atoms with E-state index < -0.39 is 9.84 Å². The maximum absolute atomic E-state index is 13.6. The number of rotatable bonds is 6. The standard InChI is InChI=1S/C18H25FO3S/c1-13(2)23(21,22)12-14-7-9-15(10-8-14)18(20)11-16-5-3-4-6-17(16)19/h3-6,13-15H,7-12H2,1-2H3. The highest BCUT2D eigenvalue weighted by Crippen LogP contribution is 2.31. The van der Waals surface area contributed by atoms with Crippen molar-refractivity contribution in [3.05, 3.63) is 35.6 Å². The molecule has 0 radical (unpaired) electrons. The van der Waals surface area contributed by atoms with Crippen LogP contribution in [0.3, 0.4) is 0 Å². The van der Waals surface area contributed by atoms with E-state index in [0.29, 0.717) is 18.4 Å². The number of benzene rings is 1. The van der Waals surface area contributed by atoms with Gasteiger partial charge in [-0.15, -0.1) is 0 Å². The summed E-state index contributed by atoms with van der Waals surface area (Å²) in [5.74, 6) is 0.0455. The summed E-state index contributed by atoms with van der Waals surface area (Å²) in [7, 11) is -3.02. The topological polar surface area (TPSA) is 51.2 Å². The number of carbonyl (C=O) groups excluding carboxylic acids is 1. The van der Waals surface area contributed by atoms with Gasteiger partial charge in [-0.3, -0.25) is 4.79 Å². The van der Waals surface area contributed by atoms with Gasteiger partial charge < -0.3 is 0 Å². The lowest BCUT2D eigenvalue weighted by atomic mass is 9.79. The molecule has 5 heteroatoms. The maximum Gasteiger partial charge on any atom is 0.152 e. The molecular weight excluding hydrogens is 315 g/mol. The first-order valence-electron chi connectivity index (χ1n) is 8.27. The molecule has 1 aliphatic rings. The Labute approximate surface area is 138 Å². The smallest absolute Gasteiger partial charge is 0.152 e. The summed E-state index contributed by atoms with van der Waals surface area (Å²) in [5.41, 5.74) is 0.446. The van der Waals surface area contributed by atoms with E-state index in [9.17, 15) is 17.6 Å². The van der Waals surface area contributed by atoms with Crippen LogP contribution < -0.4 is 0 Å². The van der Waals surface area contributed by atoms with Crippen LogP contribution in [0.2, 0.25) is 0 Å². The fourth-order valence-corrected chi connectivity index (χ4v) is 4.52. The quantitative estimate of drug-likeness (QED) is 0.795. The molecule has 0 heterocycles. The van der Waals surface area contributed by atoms with Crippen molar-refractivity contribution in [1.29, 1.82) is 0 Å². The van der Waals surface area contributed by atoms with Gasteiger partial charge in [0.05, 0.1) is 11.0 Å². The summed E-state index contributed by atoms with van der Waals surface area (Å²) in [6, 6.07) is 6.37. The lowest BCUT2D eigenvalue weighted by Crippen LogP contribution is -2.29.